The number of carbonyl (C=O) groups excluding carboxylic acids is 1. The normalized spacial score (nSPS) is 23.8. The SMILES string of the molecule is Cc1cc(C(=O)N2CCCN(CC3CC3)C(C(C)C)C2)on1. The van der Waals surface area contributed by atoms with Gasteiger partial charge in [0.15, 0.2) is 0 Å². The van der Waals surface area contributed by atoms with Crippen molar-refractivity contribution in [1.82, 2.24) is 15.0 Å². The Morgan fingerprint density at radius 2 is 2.18 bits per heavy atom. The summed E-state index contributed by atoms with van der Waals surface area (Å²) in [4.78, 5) is 17.2. The van der Waals surface area contributed by atoms with Crippen molar-refractivity contribution in [2.45, 2.75) is 46.1 Å². The van der Waals surface area contributed by atoms with Gasteiger partial charge in [0, 0.05) is 38.3 Å². The molecule has 1 saturated heterocycles. The van der Waals surface area contributed by atoms with Crippen LogP contribution in [0.5, 0.6) is 0 Å². The summed E-state index contributed by atoms with van der Waals surface area (Å²) < 4.78 is 5.16. The Labute approximate surface area is 132 Å². The van der Waals surface area contributed by atoms with Gasteiger partial charge in [-0.05, 0) is 38.0 Å². The molecule has 0 aromatic carbocycles. The van der Waals surface area contributed by atoms with E-state index in [4.69, 9.17) is 4.52 Å². The van der Waals surface area contributed by atoms with Gasteiger partial charge in [0.25, 0.3) is 5.91 Å². The molecule has 1 aromatic rings. The highest BCUT2D eigenvalue weighted by atomic mass is 16.5. The molecule has 122 valence electrons. The van der Waals surface area contributed by atoms with E-state index in [0.29, 0.717) is 17.7 Å². The topological polar surface area (TPSA) is 49.6 Å². The molecule has 1 atom stereocenters. The van der Waals surface area contributed by atoms with Crippen molar-refractivity contribution in [2.24, 2.45) is 11.8 Å². The molecule has 5 heteroatoms. The van der Waals surface area contributed by atoms with Crippen LogP contribution in [0.2, 0.25) is 0 Å². The minimum atomic E-state index is -0.0143. The molecule has 1 unspecified atom stereocenters. The predicted octanol–water partition coefficient (Wildman–Crippen LogP) is 2.57. The maximum absolute atomic E-state index is 12.6. The summed E-state index contributed by atoms with van der Waals surface area (Å²) in [5, 5.41) is 3.84. The fourth-order valence-electron chi connectivity index (χ4n) is 3.36. The third-order valence-corrected chi connectivity index (χ3v) is 4.83. The average Bonchev–Trinajstić information content (AvgIpc) is 3.23. The van der Waals surface area contributed by atoms with Gasteiger partial charge < -0.3 is 9.42 Å². The molecule has 2 heterocycles. The van der Waals surface area contributed by atoms with Crippen LogP contribution in [0.25, 0.3) is 0 Å². The Kier molecular flexibility index (Phi) is 4.52. The van der Waals surface area contributed by atoms with E-state index >= 15 is 0 Å². The summed E-state index contributed by atoms with van der Waals surface area (Å²) in [5.41, 5.74) is 0.758. The second-order valence-corrected chi connectivity index (χ2v) is 7.19. The Hall–Kier alpha value is -1.36. The van der Waals surface area contributed by atoms with Crippen molar-refractivity contribution in [3.8, 4) is 0 Å². The first-order chi connectivity index (χ1) is 10.5. The number of hydrogen-bond acceptors (Lipinski definition) is 4. The average molecular weight is 305 g/mol. The van der Waals surface area contributed by atoms with E-state index < -0.39 is 0 Å². The van der Waals surface area contributed by atoms with Gasteiger partial charge in [0.1, 0.15) is 0 Å². The molecule has 1 amide bonds. The van der Waals surface area contributed by atoms with Gasteiger partial charge in [0.2, 0.25) is 5.76 Å². The molecule has 0 radical (unpaired) electrons. The molecule has 1 aliphatic heterocycles. The lowest BCUT2D eigenvalue weighted by Gasteiger charge is -2.34. The Bertz CT molecular complexity index is 522. The van der Waals surface area contributed by atoms with Gasteiger partial charge in [-0.15, -0.1) is 0 Å². The molecule has 0 bridgehead atoms. The van der Waals surface area contributed by atoms with Crippen molar-refractivity contribution < 1.29 is 9.32 Å². The van der Waals surface area contributed by atoms with Crippen LogP contribution in [0.3, 0.4) is 0 Å². The van der Waals surface area contributed by atoms with Gasteiger partial charge in [-0.2, -0.15) is 0 Å². The van der Waals surface area contributed by atoms with E-state index in [-0.39, 0.29) is 5.91 Å². The molecule has 2 fully saturated rings. The standard InChI is InChI=1S/C17H27N3O2/c1-12(2)15-11-20(17(21)16-9-13(3)18-22-16)8-4-7-19(15)10-14-5-6-14/h9,12,14-15H,4-8,10-11H2,1-3H3. The molecule has 22 heavy (non-hydrogen) atoms. The van der Waals surface area contributed by atoms with Crippen LogP contribution in [0, 0.1) is 18.8 Å². The van der Waals surface area contributed by atoms with Crippen molar-refractivity contribution >= 4 is 5.91 Å². The number of nitrogens with zero attached hydrogens (tertiary/aromatic N) is 3. The third kappa shape index (κ3) is 3.51. The first kappa shape index (κ1) is 15.5. The van der Waals surface area contributed by atoms with Gasteiger partial charge >= 0.3 is 0 Å². The number of hydrogen-bond donors (Lipinski definition) is 0. The van der Waals surface area contributed by atoms with E-state index in [2.05, 4.69) is 23.9 Å². The fraction of sp³-hybridized carbons (Fsp3) is 0.765. The van der Waals surface area contributed by atoms with E-state index in [9.17, 15) is 4.79 Å². The number of rotatable bonds is 4. The highest BCUT2D eigenvalue weighted by molar-refractivity contribution is 5.91. The van der Waals surface area contributed by atoms with Gasteiger partial charge in [-0.1, -0.05) is 19.0 Å². The van der Waals surface area contributed by atoms with Crippen LogP contribution in [0.1, 0.15) is 49.4 Å². The van der Waals surface area contributed by atoms with Gasteiger partial charge in [-0.25, -0.2) is 0 Å². The zero-order valence-corrected chi connectivity index (χ0v) is 13.9. The largest absolute Gasteiger partial charge is 0.351 e. The summed E-state index contributed by atoms with van der Waals surface area (Å²) >= 11 is 0. The second kappa shape index (κ2) is 6.41. The quantitative estimate of drug-likeness (QED) is 0.858. The fourth-order valence-corrected chi connectivity index (χ4v) is 3.36. The lowest BCUT2D eigenvalue weighted by Crippen LogP contribution is -2.46. The number of carbonyl (C=O) groups is 1. The highest BCUT2D eigenvalue weighted by Gasteiger charge is 2.34. The summed E-state index contributed by atoms with van der Waals surface area (Å²) in [5.74, 6) is 1.79. The van der Waals surface area contributed by atoms with E-state index in [1.807, 2.05) is 11.8 Å². The zero-order valence-electron chi connectivity index (χ0n) is 13.9. The predicted molar refractivity (Wildman–Crippen MR) is 84.7 cm³/mol. The van der Waals surface area contributed by atoms with E-state index in [0.717, 1.165) is 37.7 Å². The molecule has 5 nitrogen and oxygen atoms in total. The minimum Gasteiger partial charge on any atom is -0.351 e. The highest BCUT2D eigenvalue weighted by Crippen LogP contribution is 2.32. The summed E-state index contributed by atoms with van der Waals surface area (Å²) in [6.07, 6.45) is 3.79. The lowest BCUT2D eigenvalue weighted by molar-refractivity contribution is 0.0664. The van der Waals surface area contributed by atoms with Crippen molar-refractivity contribution in [3.63, 3.8) is 0 Å². The maximum Gasteiger partial charge on any atom is 0.292 e. The second-order valence-electron chi connectivity index (χ2n) is 7.19. The van der Waals surface area contributed by atoms with Crippen LogP contribution in [0.15, 0.2) is 10.6 Å². The molecule has 0 spiro atoms. The monoisotopic (exact) mass is 305 g/mol. The molecule has 1 saturated carbocycles. The van der Waals surface area contributed by atoms with Crippen LogP contribution in [0.4, 0.5) is 0 Å². The molecule has 1 aliphatic carbocycles. The van der Waals surface area contributed by atoms with E-state index in [1.54, 1.807) is 6.07 Å². The Balaban J connectivity index is 1.71. The molecular formula is C17H27N3O2. The summed E-state index contributed by atoms with van der Waals surface area (Å²) in [6, 6.07) is 2.18. The lowest BCUT2D eigenvalue weighted by atomic mass is 10.0. The number of aryl methyl sites for hydroxylation is 1. The molecule has 2 aliphatic rings. The minimum absolute atomic E-state index is 0.0143. The van der Waals surface area contributed by atoms with Gasteiger partial charge in [-0.3, -0.25) is 9.69 Å². The Morgan fingerprint density at radius 3 is 2.77 bits per heavy atom. The number of amides is 1. The third-order valence-electron chi connectivity index (χ3n) is 4.83. The van der Waals surface area contributed by atoms with Gasteiger partial charge in [0.05, 0.1) is 5.69 Å². The Morgan fingerprint density at radius 1 is 1.41 bits per heavy atom. The van der Waals surface area contributed by atoms with Crippen molar-refractivity contribution in [1.29, 1.82) is 0 Å². The number of aromatic nitrogens is 1. The van der Waals surface area contributed by atoms with Crippen LogP contribution < -0.4 is 0 Å². The first-order valence-electron chi connectivity index (χ1n) is 8.51. The summed E-state index contributed by atoms with van der Waals surface area (Å²) in [6.45, 7) is 10.3. The van der Waals surface area contributed by atoms with Crippen LogP contribution in [-0.4, -0.2) is 53.1 Å². The smallest absolute Gasteiger partial charge is 0.292 e. The summed E-state index contributed by atoms with van der Waals surface area (Å²) in [7, 11) is 0. The van der Waals surface area contributed by atoms with Crippen molar-refractivity contribution in [3.05, 3.63) is 17.5 Å². The van der Waals surface area contributed by atoms with E-state index in [1.165, 1.54) is 19.4 Å². The maximum atomic E-state index is 12.6. The first-order valence-corrected chi connectivity index (χ1v) is 8.51. The molecule has 0 N–H and O–H groups in total. The molecule has 3 rings (SSSR count). The molecular weight excluding hydrogens is 278 g/mol. The van der Waals surface area contributed by atoms with Crippen LogP contribution in [-0.2, 0) is 0 Å². The van der Waals surface area contributed by atoms with Crippen LogP contribution >= 0.6 is 0 Å². The zero-order chi connectivity index (χ0) is 15.7. The molecule has 1 aromatic heterocycles. The van der Waals surface area contributed by atoms with Crippen molar-refractivity contribution in [2.75, 3.05) is 26.2 Å².